The van der Waals surface area contributed by atoms with Crippen molar-refractivity contribution in [1.29, 1.82) is 0 Å². The van der Waals surface area contributed by atoms with Crippen molar-refractivity contribution in [3.63, 3.8) is 0 Å². The number of allylic oxidation sites excluding steroid dienone is 2. The Morgan fingerprint density at radius 2 is 1.33 bits per heavy atom. The zero-order chi connectivity index (χ0) is 21.5. The van der Waals surface area contributed by atoms with Crippen LogP contribution < -0.4 is 10.4 Å². The van der Waals surface area contributed by atoms with Crippen LogP contribution in [0.15, 0.2) is 72.8 Å². The summed E-state index contributed by atoms with van der Waals surface area (Å²) in [4.78, 5) is 0. The van der Waals surface area contributed by atoms with Gasteiger partial charge in [0, 0.05) is 7.11 Å². The monoisotopic (exact) mass is 424 g/mol. The lowest BCUT2D eigenvalue weighted by Crippen LogP contribution is -2.62. The van der Waals surface area contributed by atoms with Crippen LogP contribution in [0.1, 0.15) is 65.2 Å². The van der Waals surface area contributed by atoms with Crippen molar-refractivity contribution < 1.29 is 9.16 Å². The van der Waals surface area contributed by atoms with Gasteiger partial charge in [0.2, 0.25) is 0 Å². The molecule has 0 N–H and O–H groups in total. The Morgan fingerprint density at radius 3 is 1.83 bits per heavy atom. The molecule has 1 unspecified atom stereocenters. The van der Waals surface area contributed by atoms with Crippen LogP contribution in [-0.2, 0) is 9.16 Å². The summed E-state index contributed by atoms with van der Waals surface area (Å²) < 4.78 is 12.8. The highest BCUT2D eigenvalue weighted by molar-refractivity contribution is 6.97. The minimum Gasteiger partial charge on any atom is -0.383 e. The van der Waals surface area contributed by atoms with Gasteiger partial charge in [0.05, 0.1) is 0 Å². The fourth-order valence-corrected chi connectivity index (χ4v) is 7.87. The first-order chi connectivity index (χ1) is 14.8. The number of benzene rings is 2. The smallest absolute Gasteiger partial charge is 0.262 e. The van der Waals surface area contributed by atoms with E-state index in [4.69, 9.17) is 9.16 Å². The van der Waals surface area contributed by atoms with Gasteiger partial charge in [-0.05, 0) is 36.2 Å². The highest BCUT2D eigenvalue weighted by atomic mass is 28.4. The van der Waals surface area contributed by atoms with Crippen LogP contribution in [0.4, 0.5) is 0 Å². The summed E-state index contributed by atoms with van der Waals surface area (Å²) in [5.74, 6) is 0. The zero-order valence-electron chi connectivity index (χ0n) is 19.2. The van der Waals surface area contributed by atoms with E-state index in [2.05, 4.69) is 86.7 Å². The molecule has 0 saturated carbocycles. The zero-order valence-corrected chi connectivity index (χ0v) is 20.2. The Balaban J connectivity index is 2.17. The SMILES string of the molecule is C/C=C\C[Si](OC(CCCCCCCCC)OC)(c1ccccc1)c1ccccc1. The van der Waals surface area contributed by atoms with Gasteiger partial charge in [-0.3, -0.25) is 0 Å². The molecule has 0 spiro atoms. The molecule has 2 aromatic carbocycles. The molecule has 2 aromatic rings. The lowest BCUT2D eigenvalue weighted by Gasteiger charge is -2.35. The van der Waals surface area contributed by atoms with Crippen LogP contribution in [0.2, 0.25) is 6.04 Å². The molecule has 0 bridgehead atoms. The van der Waals surface area contributed by atoms with E-state index in [9.17, 15) is 0 Å². The summed E-state index contributed by atoms with van der Waals surface area (Å²) in [6.07, 6.45) is 14.3. The van der Waals surface area contributed by atoms with Gasteiger partial charge in [0.25, 0.3) is 8.32 Å². The molecule has 0 saturated heterocycles. The first-order valence-corrected chi connectivity index (χ1v) is 13.8. The molecule has 0 aromatic heterocycles. The van der Waals surface area contributed by atoms with Crippen molar-refractivity contribution >= 4 is 18.7 Å². The second-order valence-corrected chi connectivity index (χ2v) is 11.5. The lowest BCUT2D eigenvalue weighted by atomic mass is 10.1. The third-order valence-corrected chi connectivity index (χ3v) is 9.77. The second kappa shape index (κ2) is 14.3. The molecule has 164 valence electrons. The van der Waals surface area contributed by atoms with Gasteiger partial charge in [-0.25, -0.2) is 0 Å². The first-order valence-electron chi connectivity index (χ1n) is 11.7. The normalized spacial score (nSPS) is 13.0. The summed E-state index contributed by atoms with van der Waals surface area (Å²) in [5.41, 5.74) is 0. The maximum absolute atomic E-state index is 6.97. The van der Waals surface area contributed by atoms with Crippen LogP contribution in [0.3, 0.4) is 0 Å². The summed E-state index contributed by atoms with van der Waals surface area (Å²) >= 11 is 0. The summed E-state index contributed by atoms with van der Waals surface area (Å²) in [5, 5.41) is 2.60. The number of hydrogen-bond acceptors (Lipinski definition) is 2. The van der Waals surface area contributed by atoms with E-state index in [1.807, 2.05) is 0 Å². The molecular formula is C27H40O2Si. The molecule has 30 heavy (non-hydrogen) atoms. The van der Waals surface area contributed by atoms with E-state index >= 15 is 0 Å². The first kappa shape index (κ1) is 24.6. The average Bonchev–Trinajstić information content (AvgIpc) is 2.81. The Bertz CT molecular complexity index is 660. The minimum atomic E-state index is -2.45. The molecule has 0 aliphatic carbocycles. The largest absolute Gasteiger partial charge is 0.383 e. The van der Waals surface area contributed by atoms with Crippen molar-refractivity contribution in [2.24, 2.45) is 0 Å². The molecule has 2 rings (SSSR count). The summed E-state index contributed by atoms with van der Waals surface area (Å²) in [6, 6.07) is 22.5. The van der Waals surface area contributed by atoms with E-state index in [-0.39, 0.29) is 6.29 Å². The Labute approximate surface area is 185 Å². The second-order valence-electron chi connectivity index (χ2n) is 8.03. The van der Waals surface area contributed by atoms with Crippen molar-refractivity contribution in [3.8, 4) is 0 Å². The van der Waals surface area contributed by atoms with Crippen LogP contribution in [0.25, 0.3) is 0 Å². The molecule has 0 aliphatic heterocycles. The van der Waals surface area contributed by atoms with Crippen LogP contribution >= 0.6 is 0 Å². The number of methoxy groups -OCH3 is 1. The van der Waals surface area contributed by atoms with Gasteiger partial charge in [-0.1, -0.05) is 118 Å². The van der Waals surface area contributed by atoms with E-state index in [0.29, 0.717) is 0 Å². The summed E-state index contributed by atoms with van der Waals surface area (Å²) in [7, 11) is -0.662. The summed E-state index contributed by atoms with van der Waals surface area (Å²) in [6.45, 7) is 4.35. The third kappa shape index (κ3) is 7.53. The van der Waals surface area contributed by atoms with Crippen LogP contribution in [0.5, 0.6) is 0 Å². The molecule has 2 nitrogen and oxygen atoms in total. The fraction of sp³-hybridized carbons (Fsp3) is 0.481. The van der Waals surface area contributed by atoms with Crippen molar-refractivity contribution in [2.45, 2.75) is 77.5 Å². The van der Waals surface area contributed by atoms with Gasteiger partial charge < -0.3 is 9.16 Å². The Kier molecular flexibility index (Phi) is 11.8. The molecule has 1 atom stereocenters. The van der Waals surface area contributed by atoms with Crippen molar-refractivity contribution in [2.75, 3.05) is 7.11 Å². The standard InChI is InChI=1S/C27H40O2Si/c1-4-6-8-9-10-11-18-23-27(28-3)29-30(24-7-5-2,25-19-14-12-15-20-25)26-21-16-13-17-22-26/h5,7,12-17,19-22,27H,4,6,8-11,18,23-24H2,1-3H3/b7-5-. The number of hydrogen-bond donors (Lipinski definition) is 0. The quantitative estimate of drug-likeness (QED) is 0.141. The Morgan fingerprint density at radius 1 is 0.800 bits per heavy atom. The van der Waals surface area contributed by atoms with E-state index in [1.165, 1.54) is 48.9 Å². The lowest BCUT2D eigenvalue weighted by molar-refractivity contribution is -0.0637. The molecule has 0 heterocycles. The molecule has 3 heteroatoms. The van der Waals surface area contributed by atoms with E-state index < -0.39 is 8.32 Å². The van der Waals surface area contributed by atoms with Gasteiger partial charge in [0.1, 0.15) is 6.29 Å². The van der Waals surface area contributed by atoms with E-state index in [0.717, 1.165) is 18.9 Å². The molecular weight excluding hydrogens is 384 g/mol. The van der Waals surface area contributed by atoms with Crippen molar-refractivity contribution in [1.82, 2.24) is 0 Å². The molecule has 0 radical (unpaired) electrons. The number of unbranched alkanes of at least 4 members (excludes halogenated alkanes) is 6. The van der Waals surface area contributed by atoms with Crippen molar-refractivity contribution in [3.05, 3.63) is 72.8 Å². The van der Waals surface area contributed by atoms with Crippen LogP contribution in [-0.4, -0.2) is 21.7 Å². The van der Waals surface area contributed by atoms with Crippen LogP contribution in [0, 0.1) is 0 Å². The highest BCUT2D eigenvalue weighted by Crippen LogP contribution is 2.20. The molecule has 0 amide bonds. The molecule has 0 fully saturated rings. The average molecular weight is 425 g/mol. The highest BCUT2D eigenvalue weighted by Gasteiger charge is 2.40. The number of ether oxygens (including phenoxy) is 1. The maximum Gasteiger partial charge on any atom is 0.262 e. The number of rotatable bonds is 15. The third-order valence-electron chi connectivity index (χ3n) is 5.76. The fourth-order valence-electron chi connectivity index (χ4n) is 4.00. The van der Waals surface area contributed by atoms with E-state index in [1.54, 1.807) is 7.11 Å². The topological polar surface area (TPSA) is 18.5 Å². The van der Waals surface area contributed by atoms with Gasteiger partial charge in [0.15, 0.2) is 0 Å². The Hall–Kier alpha value is -1.68. The van der Waals surface area contributed by atoms with Gasteiger partial charge in [-0.2, -0.15) is 0 Å². The minimum absolute atomic E-state index is 0.169. The predicted octanol–water partition coefficient (Wildman–Crippen LogP) is 6.45. The van der Waals surface area contributed by atoms with Gasteiger partial charge >= 0.3 is 0 Å². The van der Waals surface area contributed by atoms with Gasteiger partial charge in [-0.15, -0.1) is 0 Å². The molecule has 0 aliphatic rings. The maximum atomic E-state index is 6.97. The predicted molar refractivity (Wildman–Crippen MR) is 132 cm³/mol.